The number of thiazole rings is 1. The summed E-state index contributed by atoms with van der Waals surface area (Å²) < 4.78 is 127. The topological polar surface area (TPSA) is 84.1 Å². The highest BCUT2D eigenvalue weighted by atomic mass is 32.1. The third-order valence-electron chi connectivity index (χ3n) is 8.81. The van der Waals surface area contributed by atoms with Crippen molar-refractivity contribution in [1.82, 2.24) is 9.88 Å². The van der Waals surface area contributed by atoms with E-state index in [1.165, 1.54) is 23.8 Å². The van der Waals surface area contributed by atoms with Gasteiger partial charge in [-0.25, -0.2) is 10.9 Å². The largest absolute Gasteiger partial charge is 0.496 e. The van der Waals surface area contributed by atoms with E-state index in [1.807, 2.05) is 13.8 Å². The number of allylic oxidation sites excluding steroid dienone is 1. The second-order valence-corrected chi connectivity index (χ2v) is 13.7. The molecule has 50 heavy (non-hydrogen) atoms. The van der Waals surface area contributed by atoms with Gasteiger partial charge in [0.2, 0.25) is 0 Å². The van der Waals surface area contributed by atoms with E-state index in [0.29, 0.717) is 42.0 Å². The van der Waals surface area contributed by atoms with Gasteiger partial charge < -0.3 is 14.7 Å². The minimum atomic E-state index is -5.09. The summed E-state index contributed by atoms with van der Waals surface area (Å²) in [5, 5.41) is 11.5. The summed E-state index contributed by atoms with van der Waals surface area (Å²) in [5.41, 5.74) is -2.06. The van der Waals surface area contributed by atoms with Crippen LogP contribution >= 0.6 is 11.3 Å². The molecule has 0 spiro atoms. The van der Waals surface area contributed by atoms with Crippen molar-refractivity contribution in [2.75, 3.05) is 32.3 Å². The number of alkyl halides is 9. The fourth-order valence-corrected chi connectivity index (χ4v) is 6.88. The summed E-state index contributed by atoms with van der Waals surface area (Å²) in [6.45, 7) is 4.90. The van der Waals surface area contributed by atoms with Crippen LogP contribution in [0.4, 0.5) is 50.3 Å². The molecule has 0 saturated carbocycles. The minimum absolute atomic E-state index is 0.00936. The maximum atomic E-state index is 13.6. The number of aliphatic hydroxyl groups excluding tert-OH is 1. The number of methoxy groups -OCH3 is 1. The van der Waals surface area contributed by atoms with Crippen molar-refractivity contribution in [2.45, 2.75) is 70.7 Å². The zero-order chi connectivity index (χ0) is 37.4. The average Bonchev–Trinajstić information content (AvgIpc) is 3.53. The molecular formula is C33H37F9N4O3S. The quantitative estimate of drug-likeness (QED) is 0.115. The second kappa shape index (κ2) is 14.7. The van der Waals surface area contributed by atoms with Gasteiger partial charge >= 0.3 is 18.5 Å². The first-order chi connectivity index (χ1) is 23.1. The smallest absolute Gasteiger partial charge is 0.434 e. The number of rotatable bonds is 11. The molecule has 4 rings (SSSR count). The summed E-state index contributed by atoms with van der Waals surface area (Å²) in [6, 6.07) is 5.15. The molecule has 3 N–H and O–H groups in total. The summed E-state index contributed by atoms with van der Waals surface area (Å²) >= 11 is 0.823. The van der Waals surface area contributed by atoms with Crippen LogP contribution in [0.25, 0.3) is 5.57 Å². The first-order valence-electron chi connectivity index (χ1n) is 15.2. The Labute approximate surface area is 287 Å². The maximum absolute atomic E-state index is 13.6. The number of benzene rings is 2. The Morgan fingerprint density at radius 2 is 1.60 bits per heavy atom. The zero-order valence-electron chi connectivity index (χ0n) is 27.7. The molecule has 3 aromatic rings. The van der Waals surface area contributed by atoms with Crippen LogP contribution in [0, 0.1) is 5.41 Å². The molecule has 2 aromatic carbocycles. The van der Waals surface area contributed by atoms with E-state index in [1.54, 1.807) is 25.2 Å². The molecule has 0 aliphatic heterocycles. The van der Waals surface area contributed by atoms with Gasteiger partial charge in [0.1, 0.15) is 11.9 Å². The number of aliphatic hydroxyl groups is 1. The van der Waals surface area contributed by atoms with Crippen LogP contribution in [0.15, 0.2) is 47.4 Å². The van der Waals surface area contributed by atoms with Gasteiger partial charge in [0.25, 0.3) is 0 Å². The highest BCUT2D eigenvalue weighted by molar-refractivity contribution is 7.13. The highest BCUT2D eigenvalue weighted by Gasteiger charge is 2.39. The molecule has 1 aliphatic carbocycles. The maximum Gasteiger partial charge on any atom is 0.434 e. The molecule has 17 heteroatoms. The van der Waals surface area contributed by atoms with Gasteiger partial charge in [0.05, 0.1) is 25.0 Å². The first-order valence-corrected chi connectivity index (χ1v) is 16.1. The van der Waals surface area contributed by atoms with Gasteiger partial charge in [-0.3, -0.25) is 9.74 Å². The molecule has 0 fully saturated rings. The Balaban J connectivity index is 1.76. The third-order valence-corrected chi connectivity index (χ3v) is 9.73. The molecule has 1 aromatic heterocycles. The van der Waals surface area contributed by atoms with Crippen molar-refractivity contribution in [1.29, 1.82) is 0 Å². The minimum Gasteiger partial charge on any atom is -0.496 e. The average molecular weight is 741 g/mol. The standard InChI is InChI=1S/C33H37F9N4O3S/c1-18(28(49-43)19-10-21(31(34,35)36)12-22(11-19)32(37,38)39)46(17-47)15-20-14-30(2,3)9-8-24(20)25-13-23(6-7-26(25)48-5)45(4)29-44-27(16-50-29)33(40,41)42/h6-7,10-13,16,18,28,47H,8-9,14-15,17,43H2,1-5H3. The van der Waals surface area contributed by atoms with E-state index in [2.05, 4.69) is 4.98 Å². The molecule has 1 aliphatic rings. The predicted molar refractivity (Wildman–Crippen MR) is 170 cm³/mol. The molecule has 0 bridgehead atoms. The number of halogens is 9. The Morgan fingerprint density at radius 3 is 2.10 bits per heavy atom. The Kier molecular flexibility index (Phi) is 11.6. The Bertz CT molecular complexity index is 1650. The van der Waals surface area contributed by atoms with Crippen molar-refractivity contribution in [3.63, 3.8) is 0 Å². The summed E-state index contributed by atoms with van der Waals surface area (Å²) in [7, 11) is 3.03. The van der Waals surface area contributed by atoms with Gasteiger partial charge in [-0.15, -0.1) is 11.3 Å². The van der Waals surface area contributed by atoms with Gasteiger partial charge in [-0.1, -0.05) is 19.4 Å². The van der Waals surface area contributed by atoms with Gasteiger partial charge in [-0.05, 0) is 79.1 Å². The zero-order valence-corrected chi connectivity index (χ0v) is 28.5. The van der Waals surface area contributed by atoms with Crippen LogP contribution in [0.1, 0.15) is 74.1 Å². The van der Waals surface area contributed by atoms with E-state index in [-0.39, 0.29) is 23.2 Å². The van der Waals surface area contributed by atoms with E-state index in [4.69, 9.17) is 15.5 Å². The van der Waals surface area contributed by atoms with Crippen molar-refractivity contribution in [3.05, 3.63) is 75.3 Å². The summed E-state index contributed by atoms with van der Waals surface area (Å²) in [4.78, 5) is 11.7. The molecule has 0 amide bonds. The number of anilines is 2. The van der Waals surface area contributed by atoms with Crippen molar-refractivity contribution in [3.8, 4) is 5.75 Å². The highest BCUT2D eigenvalue weighted by Crippen LogP contribution is 2.47. The van der Waals surface area contributed by atoms with Crippen LogP contribution < -0.4 is 15.5 Å². The van der Waals surface area contributed by atoms with Crippen molar-refractivity contribution >= 4 is 27.7 Å². The molecule has 2 unspecified atom stereocenters. The monoisotopic (exact) mass is 740 g/mol. The van der Waals surface area contributed by atoms with E-state index in [0.717, 1.165) is 34.3 Å². The lowest BCUT2D eigenvalue weighted by molar-refractivity contribution is -0.143. The summed E-state index contributed by atoms with van der Waals surface area (Å²) in [5.74, 6) is 5.95. The normalized spacial score (nSPS) is 16.9. The molecule has 2 atom stereocenters. The van der Waals surface area contributed by atoms with Crippen LogP contribution in [0.2, 0.25) is 0 Å². The Morgan fingerprint density at radius 1 is 0.980 bits per heavy atom. The lowest BCUT2D eigenvalue weighted by Crippen LogP contribution is -2.42. The lowest BCUT2D eigenvalue weighted by atomic mass is 9.72. The van der Waals surface area contributed by atoms with Gasteiger partial charge in [0.15, 0.2) is 10.8 Å². The van der Waals surface area contributed by atoms with Crippen LogP contribution in [-0.2, 0) is 23.4 Å². The lowest BCUT2D eigenvalue weighted by Gasteiger charge is -2.38. The molecule has 0 radical (unpaired) electrons. The second-order valence-electron chi connectivity index (χ2n) is 12.9. The van der Waals surface area contributed by atoms with Crippen LogP contribution in [0.3, 0.4) is 0 Å². The summed E-state index contributed by atoms with van der Waals surface area (Å²) in [6.07, 6.45) is -14.6. The molecule has 7 nitrogen and oxygen atoms in total. The number of nitrogens with zero attached hydrogens (tertiary/aromatic N) is 3. The SMILES string of the molecule is COc1ccc(N(C)c2nc(C(F)(F)F)cs2)cc1C1=C(CN(CO)C(C)C(ON)c2cc(C(F)(F)F)cc(C(F)(F)F)c2)CC(C)(C)CC1. The van der Waals surface area contributed by atoms with E-state index in [9.17, 15) is 44.6 Å². The fraction of sp³-hybridized carbons (Fsp3) is 0.485. The van der Waals surface area contributed by atoms with Crippen molar-refractivity contribution < 1.29 is 54.2 Å². The number of hydrogen-bond donors (Lipinski definition) is 2. The predicted octanol–water partition coefficient (Wildman–Crippen LogP) is 9.21. The van der Waals surface area contributed by atoms with Crippen LogP contribution in [-0.4, -0.2) is 48.5 Å². The number of ether oxygens (including phenoxy) is 1. The molecular weight excluding hydrogens is 703 g/mol. The Hall–Kier alpha value is -3.38. The molecule has 1 heterocycles. The molecule has 0 saturated heterocycles. The van der Waals surface area contributed by atoms with Crippen molar-refractivity contribution in [2.24, 2.45) is 11.3 Å². The van der Waals surface area contributed by atoms with Gasteiger partial charge in [-0.2, -0.15) is 39.5 Å². The van der Waals surface area contributed by atoms with E-state index >= 15 is 0 Å². The van der Waals surface area contributed by atoms with Gasteiger partial charge in [0, 0.05) is 36.3 Å². The molecule has 276 valence electrons. The number of aromatic nitrogens is 1. The van der Waals surface area contributed by atoms with Crippen LogP contribution in [0.5, 0.6) is 5.75 Å². The van der Waals surface area contributed by atoms with E-state index < -0.39 is 59.8 Å². The fourth-order valence-electron chi connectivity index (χ4n) is 6.06. The first kappa shape index (κ1) is 39.4. The number of hydrogen-bond acceptors (Lipinski definition) is 8. The number of nitrogens with two attached hydrogens (primary N) is 1. The third kappa shape index (κ3) is 8.91.